The van der Waals surface area contributed by atoms with Gasteiger partial charge in [0.05, 0.1) is 0 Å². The van der Waals surface area contributed by atoms with Crippen LogP contribution in [0.3, 0.4) is 0 Å². The minimum Gasteiger partial charge on any atom is -0.444 e. The summed E-state index contributed by atoms with van der Waals surface area (Å²) in [6, 6.07) is 8.27. The monoisotopic (exact) mass is 338 g/mol. The van der Waals surface area contributed by atoms with E-state index in [0.29, 0.717) is 0 Å². The molecule has 1 fully saturated rings. The van der Waals surface area contributed by atoms with E-state index < -0.39 is 5.60 Å². The van der Waals surface area contributed by atoms with Gasteiger partial charge < -0.3 is 15.0 Å². The van der Waals surface area contributed by atoms with Crippen molar-refractivity contribution in [1.82, 2.24) is 10.2 Å². The number of hydrogen-bond donors (Lipinski definition) is 1. The molecule has 0 saturated carbocycles. The molecule has 1 aliphatic heterocycles. The smallest absolute Gasteiger partial charge is 0.410 e. The fourth-order valence-corrected chi connectivity index (χ4v) is 2.92. The van der Waals surface area contributed by atoms with Crippen LogP contribution in [0.4, 0.5) is 4.79 Å². The summed E-state index contributed by atoms with van der Waals surface area (Å²) in [4.78, 5) is 14.1. The second-order valence-electron chi connectivity index (χ2n) is 7.15. The van der Waals surface area contributed by atoms with Crippen LogP contribution in [0, 0.1) is 0 Å². The Hall–Kier alpha value is -1.26. The van der Waals surface area contributed by atoms with Crippen molar-refractivity contribution in [2.24, 2.45) is 0 Å². The third-order valence-corrected chi connectivity index (χ3v) is 4.29. The molecular formula is C18H27ClN2O2. The van der Waals surface area contributed by atoms with Gasteiger partial charge in [-0.05, 0) is 58.2 Å². The van der Waals surface area contributed by atoms with Gasteiger partial charge in [-0.25, -0.2) is 4.79 Å². The van der Waals surface area contributed by atoms with Gasteiger partial charge in [-0.2, -0.15) is 0 Å². The van der Waals surface area contributed by atoms with E-state index in [1.807, 2.05) is 49.9 Å². The van der Waals surface area contributed by atoms with Crippen molar-refractivity contribution in [3.63, 3.8) is 0 Å². The Balaban J connectivity index is 1.88. The molecular weight excluding hydrogens is 312 g/mol. The average Bonchev–Trinajstić information content (AvgIpc) is 2.92. The lowest BCUT2D eigenvalue weighted by Gasteiger charge is -2.29. The van der Waals surface area contributed by atoms with Crippen LogP contribution in [0.2, 0.25) is 5.02 Å². The largest absolute Gasteiger partial charge is 0.444 e. The third kappa shape index (κ3) is 5.40. The molecule has 23 heavy (non-hydrogen) atoms. The lowest BCUT2D eigenvalue weighted by atomic mass is 10.1. The Morgan fingerprint density at radius 2 is 2.04 bits per heavy atom. The van der Waals surface area contributed by atoms with Crippen LogP contribution in [-0.2, 0) is 4.74 Å². The maximum atomic E-state index is 12.3. The molecule has 1 aromatic carbocycles. The molecule has 2 atom stereocenters. The first kappa shape index (κ1) is 18.1. The highest BCUT2D eigenvalue weighted by Gasteiger charge is 2.32. The molecule has 5 heteroatoms. The Kier molecular flexibility index (Phi) is 5.93. The van der Waals surface area contributed by atoms with E-state index in [9.17, 15) is 4.79 Å². The van der Waals surface area contributed by atoms with E-state index in [0.717, 1.165) is 31.0 Å². The number of benzene rings is 1. The quantitative estimate of drug-likeness (QED) is 0.885. The number of carbonyl (C=O) groups is 1. The summed E-state index contributed by atoms with van der Waals surface area (Å²) in [5, 5.41) is 4.26. The Labute approximate surface area is 144 Å². The van der Waals surface area contributed by atoms with Crippen molar-refractivity contribution in [2.75, 3.05) is 13.1 Å². The SMILES string of the molecule is C[C@@H](NCC1CCCN1C(=O)OC(C)(C)C)c1ccc(Cl)cc1. The summed E-state index contributed by atoms with van der Waals surface area (Å²) >= 11 is 5.93. The lowest BCUT2D eigenvalue weighted by Crippen LogP contribution is -2.44. The van der Waals surface area contributed by atoms with E-state index in [4.69, 9.17) is 16.3 Å². The summed E-state index contributed by atoms with van der Waals surface area (Å²) < 4.78 is 5.50. The van der Waals surface area contributed by atoms with Crippen LogP contribution in [0.1, 0.15) is 52.1 Å². The minimum atomic E-state index is -0.450. The first-order valence-corrected chi connectivity index (χ1v) is 8.62. The molecule has 1 amide bonds. The summed E-state index contributed by atoms with van der Waals surface area (Å²) in [6.45, 7) is 9.36. The molecule has 0 radical (unpaired) electrons. The third-order valence-electron chi connectivity index (χ3n) is 4.03. The van der Waals surface area contributed by atoms with Crippen LogP contribution in [0.15, 0.2) is 24.3 Å². The molecule has 0 aromatic heterocycles. The first-order valence-electron chi connectivity index (χ1n) is 8.25. The van der Waals surface area contributed by atoms with Crippen molar-refractivity contribution in [3.05, 3.63) is 34.9 Å². The van der Waals surface area contributed by atoms with Crippen molar-refractivity contribution in [1.29, 1.82) is 0 Å². The second kappa shape index (κ2) is 7.54. The summed E-state index contributed by atoms with van der Waals surface area (Å²) in [6.07, 6.45) is 1.83. The van der Waals surface area contributed by atoms with Crippen molar-refractivity contribution in [3.8, 4) is 0 Å². The van der Waals surface area contributed by atoms with Crippen LogP contribution in [0.25, 0.3) is 0 Å². The Bertz CT molecular complexity index is 525. The predicted octanol–water partition coefficient (Wildman–Crippen LogP) is 4.39. The number of halogens is 1. The topological polar surface area (TPSA) is 41.6 Å². The van der Waals surface area contributed by atoms with Crippen LogP contribution < -0.4 is 5.32 Å². The molecule has 0 bridgehead atoms. The molecule has 1 N–H and O–H groups in total. The van der Waals surface area contributed by atoms with Gasteiger partial charge in [-0.15, -0.1) is 0 Å². The number of nitrogens with one attached hydrogen (secondary N) is 1. The van der Waals surface area contributed by atoms with Gasteiger partial charge in [0.1, 0.15) is 5.60 Å². The standard InChI is InChI=1S/C18H27ClN2O2/c1-13(14-7-9-15(19)10-8-14)20-12-16-6-5-11-21(16)17(22)23-18(2,3)4/h7-10,13,16,20H,5-6,11-12H2,1-4H3/t13-,16?/m1/s1. The van der Waals surface area contributed by atoms with Crippen molar-refractivity contribution >= 4 is 17.7 Å². The predicted molar refractivity (Wildman–Crippen MR) is 93.8 cm³/mol. The number of nitrogens with zero attached hydrogens (tertiary/aromatic N) is 1. The molecule has 4 nitrogen and oxygen atoms in total. The van der Waals surface area contributed by atoms with E-state index in [1.165, 1.54) is 5.56 Å². The van der Waals surface area contributed by atoms with Gasteiger partial charge in [0.25, 0.3) is 0 Å². The van der Waals surface area contributed by atoms with Gasteiger partial charge in [-0.3, -0.25) is 0 Å². The second-order valence-corrected chi connectivity index (χ2v) is 7.59. The minimum absolute atomic E-state index is 0.194. The highest BCUT2D eigenvalue weighted by Crippen LogP contribution is 2.22. The highest BCUT2D eigenvalue weighted by atomic mass is 35.5. The van der Waals surface area contributed by atoms with E-state index >= 15 is 0 Å². The summed E-state index contributed by atoms with van der Waals surface area (Å²) in [5.74, 6) is 0. The molecule has 1 aliphatic rings. The van der Waals surface area contributed by atoms with E-state index in [1.54, 1.807) is 0 Å². The van der Waals surface area contributed by atoms with Gasteiger partial charge in [0.2, 0.25) is 0 Å². The van der Waals surface area contributed by atoms with Gasteiger partial charge >= 0.3 is 6.09 Å². The number of amides is 1. The molecule has 128 valence electrons. The Morgan fingerprint density at radius 3 is 2.65 bits per heavy atom. The first-order chi connectivity index (χ1) is 10.8. The van der Waals surface area contributed by atoms with Crippen molar-refractivity contribution < 1.29 is 9.53 Å². The fourth-order valence-electron chi connectivity index (χ4n) is 2.79. The average molecular weight is 339 g/mol. The van der Waals surface area contributed by atoms with Gasteiger partial charge in [0, 0.05) is 30.2 Å². The van der Waals surface area contributed by atoms with Gasteiger partial charge in [-0.1, -0.05) is 23.7 Å². The van der Waals surface area contributed by atoms with E-state index in [-0.39, 0.29) is 18.2 Å². The molecule has 1 aromatic rings. The van der Waals surface area contributed by atoms with Crippen LogP contribution in [-0.4, -0.2) is 35.7 Å². The number of rotatable bonds is 4. The molecule has 1 heterocycles. The van der Waals surface area contributed by atoms with Gasteiger partial charge in [0.15, 0.2) is 0 Å². The Morgan fingerprint density at radius 1 is 1.39 bits per heavy atom. The number of likely N-dealkylation sites (tertiary alicyclic amines) is 1. The fraction of sp³-hybridized carbons (Fsp3) is 0.611. The van der Waals surface area contributed by atoms with Crippen LogP contribution >= 0.6 is 11.6 Å². The maximum absolute atomic E-state index is 12.3. The summed E-state index contributed by atoms with van der Waals surface area (Å²) in [7, 11) is 0. The molecule has 2 rings (SSSR count). The molecule has 0 aliphatic carbocycles. The van der Waals surface area contributed by atoms with E-state index in [2.05, 4.69) is 12.2 Å². The molecule has 1 saturated heterocycles. The summed E-state index contributed by atoms with van der Waals surface area (Å²) in [5.41, 5.74) is 0.741. The zero-order chi connectivity index (χ0) is 17.0. The number of ether oxygens (including phenoxy) is 1. The van der Waals surface area contributed by atoms with Crippen molar-refractivity contribution in [2.45, 2.75) is 58.2 Å². The molecule has 1 unspecified atom stereocenters. The molecule has 0 spiro atoms. The highest BCUT2D eigenvalue weighted by molar-refractivity contribution is 6.30. The maximum Gasteiger partial charge on any atom is 0.410 e. The number of carbonyl (C=O) groups excluding carboxylic acids is 1. The number of hydrogen-bond acceptors (Lipinski definition) is 3. The lowest BCUT2D eigenvalue weighted by molar-refractivity contribution is 0.0225. The normalized spacial score (nSPS) is 19.7. The zero-order valence-electron chi connectivity index (χ0n) is 14.4. The van der Waals surface area contributed by atoms with Crippen LogP contribution in [0.5, 0.6) is 0 Å². The zero-order valence-corrected chi connectivity index (χ0v) is 15.2.